The molecule has 3 rings (SSSR count). The molecule has 0 saturated carbocycles. The van der Waals surface area contributed by atoms with Crippen LogP contribution in [-0.4, -0.2) is 18.5 Å². The topological polar surface area (TPSA) is 52.6 Å². The quantitative estimate of drug-likeness (QED) is 0.441. The Hall–Kier alpha value is -2.62. The van der Waals surface area contributed by atoms with Crippen LogP contribution in [0.2, 0.25) is 0 Å². The van der Waals surface area contributed by atoms with Crippen LogP contribution in [-0.2, 0) is 20.4 Å². The smallest absolute Gasteiger partial charge is 0.338 e. The molecular weight excluding hydrogens is 388 g/mol. The van der Waals surface area contributed by atoms with Crippen LogP contribution in [0.5, 0.6) is 5.75 Å². The molecule has 0 amide bonds. The first-order valence-corrected chi connectivity index (χ1v) is 10.9. The minimum Gasteiger partial charge on any atom is -0.462 e. The first-order valence-electron chi connectivity index (χ1n) is 10.9. The van der Waals surface area contributed by atoms with Crippen molar-refractivity contribution in [1.29, 1.82) is 0 Å². The lowest BCUT2D eigenvalue weighted by Crippen LogP contribution is -2.17. The third-order valence-electron chi connectivity index (χ3n) is 5.91. The summed E-state index contributed by atoms with van der Waals surface area (Å²) in [5, 5.41) is 0. The first kappa shape index (κ1) is 23.1. The Bertz CT molecular complexity index is 1030. The van der Waals surface area contributed by atoms with Crippen molar-refractivity contribution in [2.24, 2.45) is 0 Å². The summed E-state index contributed by atoms with van der Waals surface area (Å²) in [5.74, 6) is -0.426. The van der Waals surface area contributed by atoms with E-state index in [4.69, 9.17) is 9.47 Å². The number of fused-ring (bicyclic) bond motifs is 1. The Kier molecular flexibility index (Phi) is 5.81. The number of carbonyl (C=O) groups is 2. The van der Waals surface area contributed by atoms with Crippen molar-refractivity contribution in [3.63, 3.8) is 0 Å². The van der Waals surface area contributed by atoms with Gasteiger partial charge in [-0.05, 0) is 53.9 Å². The molecule has 0 bridgehead atoms. The van der Waals surface area contributed by atoms with Gasteiger partial charge in [-0.3, -0.25) is 4.79 Å². The molecule has 0 saturated heterocycles. The maximum absolute atomic E-state index is 13.1. The van der Waals surface area contributed by atoms with E-state index in [2.05, 4.69) is 53.7 Å². The van der Waals surface area contributed by atoms with Gasteiger partial charge < -0.3 is 9.47 Å². The largest absolute Gasteiger partial charge is 0.462 e. The molecule has 1 unspecified atom stereocenters. The van der Waals surface area contributed by atoms with Crippen LogP contribution in [0.1, 0.15) is 98.1 Å². The highest BCUT2D eigenvalue weighted by Crippen LogP contribution is 2.47. The first-order chi connectivity index (χ1) is 14.3. The fourth-order valence-corrected chi connectivity index (χ4v) is 4.26. The molecule has 0 aliphatic carbocycles. The molecule has 4 heteroatoms. The predicted molar refractivity (Wildman–Crippen MR) is 123 cm³/mol. The van der Waals surface area contributed by atoms with E-state index in [9.17, 15) is 9.59 Å². The van der Waals surface area contributed by atoms with Crippen molar-refractivity contribution >= 4 is 11.9 Å². The molecule has 0 spiro atoms. The highest BCUT2D eigenvalue weighted by Gasteiger charge is 2.40. The number of hydrogen-bond acceptors (Lipinski definition) is 4. The van der Waals surface area contributed by atoms with E-state index in [0.717, 1.165) is 27.8 Å². The summed E-state index contributed by atoms with van der Waals surface area (Å²) < 4.78 is 11.1. The van der Waals surface area contributed by atoms with Crippen molar-refractivity contribution < 1.29 is 19.1 Å². The van der Waals surface area contributed by atoms with Gasteiger partial charge in [-0.2, -0.15) is 0 Å². The molecular formula is C27H34O4. The fourth-order valence-electron chi connectivity index (χ4n) is 4.26. The summed E-state index contributed by atoms with van der Waals surface area (Å²) >= 11 is 0. The average molecular weight is 423 g/mol. The van der Waals surface area contributed by atoms with Gasteiger partial charge >= 0.3 is 11.9 Å². The SMILES string of the molecule is CCOC(=O)c1c(C)cc(C2C(=O)Oc3c2cc(C(C)(C)C)cc3C(C)(C)C)cc1C. The van der Waals surface area contributed by atoms with Crippen molar-refractivity contribution in [1.82, 2.24) is 0 Å². The van der Waals surface area contributed by atoms with E-state index < -0.39 is 5.92 Å². The van der Waals surface area contributed by atoms with Crippen LogP contribution in [0.4, 0.5) is 0 Å². The summed E-state index contributed by atoms with van der Waals surface area (Å²) in [6.07, 6.45) is 0. The van der Waals surface area contributed by atoms with E-state index in [0.29, 0.717) is 17.9 Å². The summed E-state index contributed by atoms with van der Waals surface area (Å²) in [6.45, 7) is 18.8. The van der Waals surface area contributed by atoms with Gasteiger partial charge in [0.05, 0.1) is 12.2 Å². The number of benzene rings is 2. The Morgan fingerprint density at radius 2 is 1.55 bits per heavy atom. The Morgan fingerprint density at radius 3 is 2.03 bits per heavy atom. The van der Waals surface area contributed by atoms with Crippen LogP contribution in [0.15, 0.2) is 24.3 Å². The molecule has 0 aromatic heterocycles. The highest BCUT2D eigenvalue weighted by molar-refractivity contribution is 5.94. The van der Waals surface area contributed by atoms with E-state index >= 15 is 0 Å². The van der Waals surface area contributed by atoms with Crippen LogP contribution in [0, 0.1) is 13.8 Å². The minimum atomic E-state index is -0.507. The van der Waals surface area contributed by atoms with Gasteiger partial charge in [-0.15, -0.1) is 0 Å². The van der Waals surface area contributed by atoms with Crippen LogP contribution in [0.3, 0.4) is 0 Å². The van der Waals surface area contributed by atoms with Crippen LogP contribution >= 0.6 is 0 Å². The predicted octanol–water partition coefficient (Wildman–Crippen LogP) is 6.13. The van der Waals surface area contributed by atoms with Crippen molar-refractivity contribution in [3.05, 3.63) is 63.2 Å². The zero-order chi connectivity index (χ0) is 23.3. The molecule has 0 fully saturated rings. The van der Waals surface area contributed by atoms with E-state index in [1.807, 2.05) is 26.0 Å². The van der Waals surface area contributed by atoms with Crippen molar-refractivity contribution in [2.45, 2.75) is 79.1 Å². The normalized spacial score (nSPS) is 16.2. The molecule has 1 atom stereocenters. The molecule has 0 radical (unpaired) electrons. The maximum atomic E-state index is 13.1. The van der Waals surface area contributed by atoms with E-state index in [1.54, 1.807) is 6.92 Å². The monoisotopic (exact) mass is 422 g/mol. The number of ether oxygens (including phenoxy) is 2. The number of esters is 2. The molecule has 31 heavy (non-hydrogen) atoms. The average Bonchev–Trinajstić information content (AvgIpc) is 2.94. The number of rotatable bonds is 3. The van der Waals surface area contributed by atoms with Crippen molar-refractivity contribution in [2.75, 3.05) is 6.61 Å². The standard InChI is InChI=1S/C27H34O4/c1-10-30-24(28)21-15(2)11-17(12-16(21)3)22-19-13-18(26(4,5)6)14-20(27(7,8)9)23(19)31-25(22)29/h11-14,22H,10H2,1-9H3. The van der Waals surface area contributed by atoms with Crippen LogP contribution < -0.4 is 4.74 Å². The second kappa shape index (κ2) is 7.81. The number of carbonyl (C=O) groups excluding carboxylic acids is 2. The van der Waals surface area contributed by atoms with E-state index in [1.165, 1.54) is 5.56 Å². The lowest BCUT2D eigenvalue weighted by atomic mass is 9.77. The second-order valence-corrected chi connectivity index (χ2v) is 10.5. The molecule has 2 aromatic carbocycles. The maximum Gasteiger partial charge on any atom is 0.338 e. The van der Waals surface area contributed by atoms with Gasteiger partial charge in [-0.1, -0.05) is 65.8 Å². The molecule has 1 heterocycles. The zero-order valence-corrected chi connectivity index (χ0v) is 20.2. The van der Waals surface area contributed by atoms with Gasteiger partial charge in [0, 0.05) is 11.1 Å². The molecule has 1 aliphatic heterocycles. The third-order valence-corrected chi connectivity index (χ3v) is 5.91. The van der Waals surface area contributed by atoms with Gasteiger partial charge in [-0.25, -0.2) is 4.79 Å². The third kappa shape index (κ3) is 4.26. The molecule has 2 aromatic rings. The zero-order valence-electron chi connectivity index (χ0n) is 20.2. The molecule has 1 aliphatic rings. The summed E-state index contributed by atoms with van der Waals surface area (Å²) in [6, 6.07) is 8.13. The van der Waals surface area contributed by atoms with Gasteiger partial charge in [0.2, 0.25) is 0 Å². The van der Waals surface area contributed by atoms with E-state index in [-0.39, 0.29) is 22.8 Å². The Morgan fingerprint density at radius 1 is 0.968 bits per heavy atom. The van der Waals surface area contributed by atoms with Gasteiger partial charge in [0.1, 0.15) is 11.7 Å². The number of hydrogen-bond donors (Lipinski definition) is 0. The van der Waals surface area contributed by atoms with Gasteiger partial charge in [0.15, 0.2) is 0 Å². The lowest BCUT2D eigenvalue weighted by Gasteiger charge is -2.27. The highest BCUT2D eigenvalue weighted by atomic mass is 16.5. The Labute approximate surface area is 186 Å². The van der Waals surface area contributed by atoms with Gasteiger partial charge in [0.25, 0.3) is 0 Å². The molecule has 0 N–H and O–H groups in total. The summed E-state index contributed by atoms with van der Waals surface area (Å²) in [7, 11) is 0. The molecule has 166 valence electrons. The molecule has 4 nitrogen and oxygen atoms in total. The fraction of sp³-hybridized carbons (Fsp3) is 0.481. The summed E-state index contributed by atoms with van der Waals surface area (Å²) in [4.78, 5) is 25.5. The lowest BCUT2D eigenvalue weighted by molar-refractivity contribution is -0.133. The minimum absolute atomic E-state index is 0.0647. The van der Waals surface area contributed by atoms with Crippen LogP contribution in [0.25, 0.3) is 0 Å². The Balaban J connectivity index is 2.21. The van der Waals surface area contributed by atoms with Crippen molar-refractivity contribution in [3.8, 4) is 5.75 Å². The number of aryl methyl sites for hydroxylation is 2. The summed E-state index contributed by atoms with van der Waals surface area (Å²) in [5.41, 5.74) is 5.91. The second-order valence-electron chi connectivity index (χ2n) is 10.5.